The number of nitrogens with zero attached hydrogens (tertiary/aromatic N) is 3. The van der Waals surface area contributed by atoms with E-state index in [0.29, 0.717) is 0 Å². The standard InChI is InChI=1S/3C3H8N.HN.W/c3*1-3-4-2;;/h3*3H2,1-2H3;1H;/q3*-1;;. The summed E-state index contributed by atoms with van der Waals surface area (Å²) in [5.41, 5.74) is 0. The Morgan fingerprint density at radius 3 is 0.786 bits per heavy atom. The summed E-state index contributed by atoms with van der Waals surface area (Å²) in [5, 5.41) is 11.2. The average Bonchev–Trinajstić information content (AvgIpc) is 2.31. The molecule has 0 atom stereocenters. The van der Waals surface area contributed by atoms with E-state index in [0.717, 1.165) is 39.3 Å². The molecule has 0 aromatic rings. The van der Waals surface area contributed by atoms with Crippen molar-refractivity contribution in [2.24, 2.45) is 0 Å². The Kier molecular flexibility index (Phi) is 86.0. The van der Waals surface area contributed by atoms with Crippen LogP contribution < -0.4 is 0 Å². The first kappa shape index (κ1) is 23.9. The molecule has 0 aliphatic heterocycles. The van der Waals surface area contributed by atoms with Crippen LogP contribution in [0.1, 0.15) is 20.8 Å². The fourth-order valence-corrected chi connectivity index (χ4v) is 0. The monoisotopic (exact) mass is 373 g/mol. The summed E-state index contributed by atoms with van der Waals surface area (Å²) in [6.07, 6.45) is 0. The van der Waals surface area contributed by atoms with Crippen LogP contribution in [0.4, 0.5) is 0 Å². The summed E-state index contributed by atoms with van der Waals surface area (Å²) in [5.74, 6) is 0. The third kappa shape index (κ3) is 141. The van der Waals surface area contributed by atoms with Gasteiger partial charge in [0.2, 0.25) is 0 Å². The van der Waals surface area contributed by atoms with Gasteiger partial charge in [0.15, 0.2) is 0 Å². The van der Waals surface area contributed by atoms with Gasteiger partial charge in [-0.25, -0.2) is 0 Å². The second kappa shape index (κ2) is 50.4. The van der Waals surface area contributed by atoms with Crippen LogP contribution in [0.3, 0.4) is 0 Å². The molecule has 0 rings (SSSR count). The van der Waals surface area contributed by atoms with Gasteiger partial charge in [-0.15, -0.1) is 0 Å². The molecule has 0 unspecified atom stereocenters. The van der Waals surface area contributed by atoms with Gasteiger partial charge >= 0.3 is 23.5 Å². The summed E-state index contributed by atoms with van der Waals surface area (Å²) in [4.78, 5) is 0. The first-order valence-corrected chi connectivity index (χ1v) is 6.08. The molecular formula is C9H25N4W-3. The van der Waals surface area contributed by atoms with Crippen molar-refractivity contribution in [3.8, 4) is 0 Å². The zero-order valence-electron chi connectivity index (χ0n) is 10.4. The van der Waals surface area contributed by atoms with Gasteiger partial charge in [0, 0.05) is 0 Å². The van der Waals surface area contributed by atoms with Crippen LogP contribution in [0.5, 0.6) is 0 Å². The Bertz CT molecular complexity index is 40.6. The van der Waals surface area contributed by atoms with E-state index in [1.165, 1.54) is 0 Å². The third-order valence-corrected chi connectivity index (χ3v) is 0.949. The first-order valence-electron chi connectivity index (χ1n) is 4.62. The van der Waals surface area contributed by atoms with E-state index in [2.05, 4.69) is 16.0 Å². The van der Waals surface area contributed by atoms with Crippen molar-refractivity contribution in [3.63, 3.8) is 0 Å². The fraction of sp³-hybridized carbons (Fsp3) is 1.00. The molecule has 0 spiro atoms. The molecule has 1 N–H and O–H groups in total. The Labute approximate surface area is 101 Å². The van der Waals surface area contributed by atoms with Crippen LogP contribution in [-0.2, 0) is 19.6 Å². The minimum atomic E-state index is 0.833. The van der Waals surface area contributed by atoms with Gasteiger partial charge < -0.3 is 16.0 Å². The van der Waals surface area contributed by atoms with E-state index >= 15 is 0 Å². The average molecular weight is 373 g/mol. The zero-order valence-corrected chi connectivity index (χ0v) is 13.3. The van der Waals surface area contributed by atoms with Gasteiger partial charge in [-0.3, -0.25) is 0 Å². The summed E-state index contributed by atoms with van der Waals surface area (Å²) >= 11 is 0.833. The summed E-state index contributed by atoms with van der Waals surface area (Å²) in [7, 11) is 5.42. The maximum absolute atomic E-state index is 5.83. The first-order chi connectivity index (χ1) is 6.74. The molecule has 0 bridgehead atoms. The van der Waals surface area contributed by atoms with Gasteiger partial charge in [-0.2, -0.15) is 40.8 Å². The van der Waals surface area contributed by atoms with Gasteiger partial charge in [-0.05, 0) is 0 Å². The molecular weight excluding hydrogens is 348 g/mol. The Balaban J connectivity index is -0.0000000492. The van der Waals surface area contributed by atoms with Crippen LogP contribution in [-0.4, -0.2) is 40.8 Å². The van der Waals surface area contributed by atoms with Crippen molar-refractivity contribution >= 4 is 0 Å². The Morgan fingerprint density at radius 2 is 0.786 bits per heavy atom. The van der Waals surface area contributed by atoms with Crippen LogP contribution in [0.15, 0.2) is 0 Å². The summed E-state index contributed by atoms with van der Waals surface area (Å²) in [6.45, 7) is 8.88. The molecule has 0 amide bonds. The van der Waals surface area contributed by atoms with E-state index in [-0.39, 0.29) is 0 Å². The van der Waals surface area contributed by atoms with Gasteiger partial charge in [0.05, 0.1) is 0 Å². The molecule has 0 aliphatic carbocycles. The van der Waals surface area contributed by atoms with Crippen molar-refractivity contribution in [3.05, 3.63) is 16.0 Å². The maximum atomic E-state index is 5.83. The van der Waals surface area contributed by atoms with Crippen LogP contribution in [0.25, 0.3) is 16.0 Å². The topological polar surface area (TPSA) is 66.2 Å². The van der Waals surface area contributed by atoms with Crippen molar-refractivity contribution in [1.82, 2.24) is 0 Å². The third-order valence-electron chi connectivity index (χ3n) is 0.949. The number of nitrogens with one attached hydrogen (secondary N) is 1. The van der Waals surface area contributed by atoms with Gasteiger partial charge in [0.25, 0.3) is 0 Å². The van der Waals surface area contributed by atoms with Gasteiger partial charge in [0.1, 0.15) is 0 Å². The molecule has 5 heteroatoms. The summed E-state index contributed by atoms with van der Waals surface area (Å²) < 4.78 is 5.83. The van der Waals surface area contributed by atoms with E-state index in [1.807, 2.05) is 20.8 Å². The number of hydrogen-bond donors (Lipinski definition) is 1. The van der Waals surface area contributed by atoms with E-state index in [4.69, 9.17) is 3.91 Å². The number of hydrogen-bond acceptors (Lipinski definition) is 1. The Morgan fingerprint density at radius 1 is 0.714 bits per heavy atom. The molecule has 0 saturated carbocycles. The van der Waals surface area contributed by atoms with Crippen molar-refractivity contribution in [2.45, 2.75) is 20.8 Å². The molecule has 4 nitrogen and oxygen atoms in total. The fourth-order valence-electron chi connectivity index (χ4n) is 0. The van der Waals surface area contributed by atoms with Crippen molar-refractivity contribution < 1.29 is 19.6 Å². The Hall–Kier alpha value is 0.368. The van der Waals surface area contributed by atoms with Crippen LogP contribution in [0, 0.1) is 3.91 Å². The molecule has 90 valence electrons. The SMILES string of the molecule is CC[N-]C.CC[N-]C.CC[N-]C.[NH]=[W]. The molecule has 0 aromatic carbocycles. The van der Waals surface area contributed by atoms with E-state index in [1.54, 1.807) is 21.1 Å². The molecule has 0 heterocycles. The predicted molar refractivity (Wildman–Crippen MR) is 62.2 cm³/mol. The quantitative estimate of drug-likeness (QED) is 0.789. The van der Waals surface area contributed by atoms with Crippen molar-refractivity contribution in [1.29, 1.82) is 3.91 Å². The van der Waals surface area contributed by atoms with Gasteiger partial charge in [-0.1, -0.05) is 20.8 Å². The molecule has 0 fully saturated rings. The van der Waals surface area contributed by atoms with Crippen LogP contribution >= 0.6 is 0 Å². The van der Waals surface area contributed by atoms with Crippen molar-refractivity contribution in [2.75, 3.05) is 40.8 Å². The summed E-state index contributed by atoms with van der Waals surface area (Å²) in [6, 6.07) is 0. The molecule has 14 heavy (non-hydrogen) atoms. The second-order valence-corrected chi connectivity index (χ2v) is 1.90. The predicted octanol–water partition coefficient (Wildman–Crippen LogP) is 3.32. The normalized spacial score (nSPS) is 6.71. The minimum absolute atomic E-state index is 0.833. The number of rotatable bonds is 3. The molecule has 0 saturated heterocycles. The zero-order chi connectivity index (χ0) is 12.2. The van der Waals surface area contributed by atoms with E-state index < -0.39 is 0 Å². The second-order valence-electron chi connectivity index (χ2n) is 1.90. The van der Waals surface area contributed by atoms with E-state index in [9.17, 15) is 0 Å². The molecule has 0 aliphatic rings. The molecule has 0 aromatic heterocycles. The van der Waals surface area contributed by atoms with Crippen LogP contribution in [0.2, 0.25) is 0 Å². The molecule has 0 radical (unpaired) electrons.